The first kappa shape index (κ1) is 21.8. The first-order chi connectivity index (χ1) is 16.1. The summed E-state index contributed by atoms with van der Waals surface area (Å²) in [6.45, 7) is 3.24. The zero-order valence-electron chi connectivity index (χ0n) is 18.5. The van der Waals surface area contributed by atoms with Crippen molar-refractivity contribution in [3.05, 3.63) is 83.4 Å². The highest BCUT2D eigenvalue weighted by Gasteiger charge is 2.19. The summed E-state index contributed by atoms with van der Waals surface area (Å²) in [5.41, 5.74) is 5.28. The molecule has 0 aliphatic carbocycles. The van der Waals surface area contributed by atoms with E-state index >= 15 is 0 Å². The Labute approximate surface area is 195 Å². The van der Waals surface area contributed by atoms with Crippen molar-refractivity contribution in [2.75, 3.05) is 31.2 Å². The van der Waals surface area contributed by atoms with Crippen LogP contribution in [0.1, 0.15) is 23.1 Å². The Balaban J connectivity index is 1.13. The summed E-state index contributed by atoms with van der Waals surface area (Å²) in [6.07, 6.45) is 2.61. The van der Waals surface area contributed by atoms with Crippen molar-refractivity contribution in [3.63, 3.8) is 0 Å². The molecular weight excluding hydrogens is 436 g/mol. The predicted molar refractivity (Wildman–Crippen MR) is 129 cm³/mol. The molecule has 0 atom stereocenters. The second kappa shape index (κ2) is 9.45. The molecule has 0 saturated carbocycles. The topological polar surface area (TPSA) is 67.9 Å². The minimum absolute atomic E-state index is 0.194. The number of fused-ring (bicyclic) bond motifs is 2. The number of hydrogen-bond acceptors (Lipinski definition) is 5. The molecule has 0 unspecified atom stereocenters. The number of nitrogens with zero attached hydrogens (tertiary/aromatic N) is 1. The van der Waals surface area contributed by atoms with E-state index in [1.165, 1.54) is 28.4 Å². The van der Waals surface area contributed by atoms with E-state index in [1.807, 2.05) is 0 Å². The molecule has 0 fully saturated rings. The molecule has 6 nitrogen and oxygen atoms in total. The third-order valence-corrected chi connectivity index (χ3v) is 7.65. The van der Waals surface area contributed by atoms with Gasteiger partial charge in [0.2, 0.25) is 10.0 Å². The van der Waals surface area contributed by atoms with Crippen LogP contribution in [0.2, 0.25) is 0 Å². The summed E-state index contributed by atoms with van der Waals surface area (Å²) in [4.78, 5) is 2.60. The summed E-state index contributed by atoms with van der Waals surface area (Å²) in [5.74, 6) is 1.05. The number of ether oxygens (including phenoxy) is 2. The monoisotopic (exact) mass is 464 g/mol. The molecule has 33 heavy (non-hydrogen) atoms. The van der Waals surface area contributed by atoms with E-state index < -0.39 is 10.0 Å². The molecule has 3 aromatic carbocycles. The molecular formula is C26H28N2O4S. The molecule has 0 aromatic heterocycles. The highest BCUT2D eigenvalue weighted by molar-refractivity contribution is 7.89. The van der Waals surface area contributed by atoms with Gasteiger partial charge in [-0.15, -0.1) is 0 Å². The zero-order valence-corrected chi connectivity index (χ0v) is 19.3. The smallest absolute Gasteiger partial charge is 0.240 e. The molecule has 0 saturated heterocycles. The van der Waals surface area contributed by atoms with Crippen molar-refractivity contribution < 1.29 is 17.9 Å². The summed E-state index contributed by atoms with van der Waals surface area (Å²) >= 11 is 0. The second-order valence-electron chi connectivity index (χ2n) is 8.41. The van der Waals surface area contributed by atoms with Crippen molar-refractivity contribution in [2.45, 2.75) is 30.7 Å². The van der Waals surface area contributed by atoms with Gasteiger partial charge in [-0.05, 0) is 60.2 Å². The quantitative estimate of drug-likeness (QED) is 0.537. The zero-order chi connectivity index (χ0) is 22.7. The van der Waals surface area contributed by atoms with E-state index in [9.17, 15) is 8.42 Å². The molecule has 2 aliphatic heterocycles. The predicted octanol–water partition coefficient (Wildman–Crippen LogP) is 3.93. The maximum atomic E-state index is 12.6. The van der Waals surface area contributed by atoms with Gasteiger partial charge in [-0.1, -0.05) is 36.4 Å². The number of aryl methyl sites for hydroxylation is 1. The number of sulfonamides is 1. The molecule has 3 aromatic rings. The third kappa shape index (κ3) is 4.99. The van der Waals surface area contributed by atoms with E-state index in [0.29, 0.717) is 31.3 Å². The van der Waals surface area contributed by atoms with Gasteiger partial charge in [0.25, 0.3) is 0 Å². The van der Waals surface area contributed by atoms with Gasteiger partial charge >= 0.3 is 0 Å². The van der Waals surface area contributed by atoms with Crippen LogP contribution in [-0.4, -0.2) is 34.7 Å². The average molecular weight is 465 g/mol. The summed E-state index contributed by atoms with van der Waals surface area (Å²) in [6, 6.07) is 22.0. The highest BCUT2D eigenvalue weighted by atomic mass is 32.2. The lowest BCUT2D eigenvalue weighted by Gasteiger charge is -2.30. The van der Waals surface area contributed by atoms with Crippen molar-refractivity contribution >= 4 is 15.7 Å². The van der Waals surface area contributed by atoms with Crippen LogP contribution in [-0.2, 0) is 29.4 Å². The average Bonchev–Trinajstić information content (AvgIpc) is 2.86. The van der Waals surface area contributed by atoms with Gasteiger partial charge in [0.15, 0.2) is 11.5 Å². The maximum absolute atomic E-state index is 12.6. The van der Waals surface area contributed by atoms with Crippen LogP contribution < -0.4 is 19.1 Å². The fourth-order valence-electron chi connectivity index (χ4n) is 4.36. The van der Waals surface area contributed by atoms with Crippen LogP contribution in [0.15, 0.2) is 71.6 Å². The van der Waals surface area contributed by atoms with E-state index in [1.54, 1.807) is 12.1 Å². The standard InChI is InChI=1S/C26H28N2O4S/c29-33(30,24-11-12-25-26(18-24)32-17-16-31-25)27-14-3-4-20-7-9-23(10-8-20)28-15-13-21-5-1-2-6-22(21)19-28/h1-2,5-12,18,27H,3-4,13-17,19H2. The molecule has 0 amide bonds. The Morgan fingerprint density at radius 2 is 1.64 bits per heavy atom. The van der Waals surface area contributed by atoms with Crippen LogP contribution in [0.3, 0.4) is 0 Å². The third-order valence-electron chi connectivity index (χ3n) is 6.19. The van der Waals surface area contributed by atoms with Crippen LogP contribution in [0.4, 0.5) is 5.69 Å². The lowest BCUT2D eigenvalue weighted by atomic mass is 9.99. The molecule has 2 aliphatic rings. The fraction of sp³-hybridized carbons (Fsp3) is 0.308. The minimum Gasteiger partial charge on any atom is -0.486 e. The number of hydrogen-bond donors (Lipinski definition) is 1. The number of rotatable bonds is 7. The molecule has 0 spiro atoms. The fourth-order valence-corrected chi connectivity index (χ4v) is 5.45. The van der Waals surface area contributed by atoms with Gasteiger partial charge in [0.1, 0.15) is 13.2 Å². The summed E-state index contributed by atoms with van der Waals surface area (Å²) in [5, 5.41) is 0. The first-order valence-corrected chi connectivity index (χ1v) is 12.9. The minimum atomic E-state index is -3.59. The van der Waals surface area contributed by atoms with E-state index in [2.05, 4.69) is 58.2 Å². The lowest BCUT2D eigenvalue weighted by molar-refractivity contribution is 0.171. The molecule has 5 rings (SSSR count). The Morgan fingerprint density at radius 1 is 0.879 bits per heavy atom. The normalized spacial score (nSPS) is 15.2. The van der Waals surface area contributed by atoms with Crippen molar-refractivity contribution in [1.29, 1.82) is 0 Å². The highest BCUT2D eigenvalue weighted by Crippen LogP contribution is 2.32. The summed E-state index contributed by atoms with van der Waals surface area (Å²) < 4.78 is 38.9. The van der Waals surface area contributed by atoms with Gasteiger partial charge in [-0.25, -0.2) is 13.1 Å². The van der Waals surface area contributed by atoms with Crippen LogP contribution >= 0.6 is 0 Å². The Hall–Kier alpha value is -3.03. The number of anilines is 1. The SMILES string of the molecule is O=S(=O)(NCCCc1ccc(N2CCc3ccccc3C2)cc1)c1ccc2c(c1)OCCO2. The van der Waals surface area contributed by atoms with E-state index in [4.69, 9.17) is 9.47 Å². The second-order valence-corrected chi connectivity index (χ2v) is 10.2. The largest absolute Gasteiger partial charge is 0.486 e. The van der Waals surface area contributed by atoms with Crippen LogP contribution in [0.25, 0.3) is 0 Å². The Morgan fingerprint density at radius 3 is 2.45 bits per heavy atom. The molecule has 7 heteroatoms. The number of benzene rings is 3. The Bertz CT molecular complexity index is 1230. The van der Waals surface area contributed by atoms with Crippen molar-refractivity contribution in [2.24, 2.45) is 0 Å². The number of nitrogens with one attached hydrogen (secondary N) is 1. The molecule has 0 radical (unpaired) electrons. The van der Waals surface area contributed by atoms with Gasteiger partial charge in [-0.3, -0.25) is 0 Å². The van der Waals surface area contributed by atoms with Gasteiger partial charge in [0.05, 0.1) is 4.90 Å². The van der Waals surface area contributed by atoms with Gasteiger partial charge in [-0.2, -0.15) is 0 Å². The van der Waals surface area contributed by atoms with Gasteiger partial charge < -0.3 is 14.4 Å². The van der Waals surface area contributed by atoms with Crippen LogP contribution in [0.5, 0.6) is 11.5 Å². The molecule has 172 valence electrons. The van der Waals surface area contributed by atoms with Gasteiger partial charge in [0, 0.05) is 31.4 Å². The van der Waals surface area contributed by atoms with Crippen molar-refractivity contribution in [3.8, 4) is 11.5 Å². The van der Waals surface area contributed by atoms with E-state index in [-0.39, 0.29) is 4.90 Å². The molecule has 0 bridgehead atoms. The summed E-state index contributed by atoms with van der Waals surface area (Å²) in [7, 11) is -3.59. The first-order valence-electron chi connectivity index (χ1n) is 11.4. The molecule has 1 N–H and O–H groups in total. The maximum Gasteiger partial charge on any atom is 0.240 e. The van der Waals surface area contributed by atoms with E-state index in [0.717, 1.165) is 32.4 Å². The lowest BCUT2D eigenvalue weighted by Crippen LogP contribution is -2.30. The van der Waals surface area contributed by atoms with Crippen LogP contribution in [0, 0.1) is 0 Å². The molecule has 2 heterocycles. The Kier molecular flexibility index (Phi) is 6.24. The van der Waals surface area contributed by atoms with Crippen molar-refractivity contribution in [1.82, 2.24) is 4.72 Å².